The number of hydrogen-bond donors (Lipinski definition) is 2. The summed E-state index contributed by atoms with van der Waals surface area (Å²) in [5, 5.41) is 6.63. The van der Waals surface area contributed by atoms with Crippen LogP contribution < -0.4 is 10.6 Å². The molecule has 3 rings (SSSR count). The van der Waals surface area contributed by atoms with E-state index in [4.69, 9.17) is 34.8 Å². The zero-order valence-corrected chi connectivity index (χ0v) is 22.8. The molecule has 0 radical (unpaired) electrons. The fourth-order valence-corrected chi connectivity index (χ4v) is 5.83. The predicted molar refractivity (Wildman–Crippen MR) is 139 cm³/mol. The number of rotatable bonds is 6. The average molecular weight is 640 g/mol. The Kier molecular flexibility index (Phi) is 8.33. The van der Waals surface area contributed by atoms with Gasteiger partial charge in [0.05, 0.1) is 22.3 Å². The molecule has 174 valence electrons. The molecule has 1 fully saturated rings. The molecule has 1 saturated carbocycles. The van der Waals surface area contributed by atoms with Crippen LogP contribution in [0.1, 0.15) is 35.7 Å². The van der Waals surface area contributed by atoms with E-state index in [0.717, 1.165) is 5.56 Å². The molecule has 1 aliphatic rings. The summed E-state index contributed by atoms with van der Waals surface area (Å²) < 4.78 is 12.2. The summed E-state index contributed by atoms with van der Waals surface area (Å²) in [5.41, 5.74) is 1.83. The Morgan fingerprint density at radius 1 is 1.03 bits per heavy atom. The topological polar surface area (TPSA) is 58.2 Å². The minimum absolute atomic E-state index is 0.168. The number of hydrogen-bond acceptors (Lipinski definition) is 2. The smallest absolute Gasteiger partial charge is 0.256 e. The number of carbonyl (C=O) groups excluding carboxylic acids is 2. The Morgan fingerprint density at radius 3 is 2.27 bits per heavy atom. The molecule has 0 spiro atoms. The molecule has 2 unspecified atom stereocenters. The third kappa shape index (κ3) is 6.40. The van der Waals surface area contributed by atoms with Gasteiger partial charge in [0.1, 0.15) is 3.23 Å². The number of anilines is 1. The number of alkyl halides is 2. The van der Waals surface area contributed by atoms with Crippen LogP contribution in [0.15, 0.2) is 60.1 Å². The van der Waals surface area contributed by atoms with E-state index in [-0.39, 0.29) is 28.2 Å². The second-order valence-electron chi connectivity index (χ2n) is 7.57. The Balaban J connectivity index is 1.76. The number of carbonyl (C=O) groups is 2. The molecule has 4 nitrogen and oxygen atoms in total. The summed E-state index contributed by atoms with van der Waals surface area (Å²) in [5.74, 6) is -1.80. The third-order valence-electron chi connectivity index (χ3n) is 4.93. The van der Waals surface area contributed by atoms with Gasteiger partial charge in [0.2, 0.25) is 5.91 Å². The van der Waals surface area contributed by atoms with E-state index in [1.807, 2.05) is 0 Å². The molecule has 0 heterocycles. The zero-order valence-electron chi connectivity index (χ0n) is 17.4. The van der Waals surface area contributed by atoms with Crippen LogP contribution in [0, 0.1) is 5.92 Å². The maximum atomic E-state index is 13.0. The third-order valence-corrected chi connectivity index (χ3v) is 7.67. The van der Waals surface area contributed by atoms with Gasteiger partial charge < -0.3 is 10.6 Å². The molecule has 2 aromatic carbocycles. The van der Waals surface area contributed by atoms with E-state index in [1.165, 1.54) is 31.2 Å². The minimum atomic E-state index is -0.658. The molecular formula is C23H18Br2Cl3FN2O2. The number of benzene rings is 2. The number of nitrogens with one attached hydrogen (secondary N) is 2. The molecule has 33 heavy (non-hydrogen) atoms. The van der Waals surface area contributed by atoms with E-state index in [9.17, 15) is 14.0 Å². The van der Waals surface area contributed by atoms with Gasteiger partial charge in [-0.25, -0.2) is 4.39 Å². The van der Waals surface area contributed by atoms with Crippen molar-refractivity contribution in [2.45, 2.75) is 23.0 Å². The molecule has 1 aliphatic carbocycles. The standard InChI is InChI=1S/C23H18Br2Cl3FN2O2/c1-11(29)3-4-12(2)30-21(32)17-10-16(5-6-18(17)28)31-22(33)20-19(23(20,24)25)13-7-14(26)9-15(27)8-13/h3-10,19-20H,1-2H3,(H,30,32)(H,31,33)/b11-3+,12-4+. The zero-order chi connectivity index (χ0) is 24.5. The summed E-state index contributed by atoms with van der Waals surface area (Å²) in [7, 11) is 0. The van der Waals surface area contributed by atoms with Crippen LogP contribution in [0.5, 0.6) is 0 Å². The molecule has 0 bridgehead atoms. The molecule has 2 atom stereocenters. The van der Waals surface area contributed by atoms with Crippen molar-refractivity contribution < 1.29 is 14.0 Å². The van der Waals surface area contributed by atoms with Crippen molar-refractivity contribution in [3.63, 3.8) is 0 Å². The average Bonchev–Trinajstić information content (AvgIpc) is 3.29. The fraction of sp³-hybridized carbons (Fsp3) is 0.217. The highest BCUT2D eigenvalue weighted by atomic mass is 79.9. The number of halogens is 6. The first-order valence-corrected chi connectivity index (χ1v) is 12.4. The Bertz CT molecular complexity index is 1160. The SMILES string of the molecule is C/C(F)=C\C=C(/C)NC(=O)c1cc(NC(=O)C2C(c3cc(Cl)cc(Cl)c3)C2(Br)Br)ccc1Cl. The van der Waals surface area contributed by atoms with E-state index in [0.29, 0.717) is 21.4 Å². The molecular weight excluding hydrogens is 621 g/mol. The maximum absolute atomic E-state index is 13.0. The van der Waals surface area contributed by atoms with Gasteiger partial charge in [-0.1, -0.05) is 66.7 Å². The summed E-state index contributed by atoms with van der Waals surface area (Å²) in [4.78, 5) is 25.6. The second kappa shape index (κ2) is 10.5. The lowest BCUT2D eigenvalue weighted by atomic mass is 10.1. The van der Waals surface area contributed by atoms with Crippen LogP contribution in [0.3, 0.4) is 0 Å². The van der Waals surface area contributed by atoms with Gasteiger partial charge in [0, 0.05) is 27.3 Å². The van der Waals surface area contributed by atoms with Crippen molar-refractivity contribution in [1.29, 1.82) is 0 Å². The quantitative estimate of drug-likeness (QED) is 0.249. The maximum Gasteiger partial charge on any atom is 0.256 e. The predicted octanol–water partition coefficient (Wildman–Crippen LogP) is 7.99. The lowest BCUT2D eigenvalue weighted by molar-refractivity contribution is -0.117. The highest BCUT2D eigenvalue weighted by molar-refractivity contribution is 9.25. The lowest BCUT2D eigenvalue weighted by Crippen LogP contribution is -2.22. The molecule has 2 amide bonds. The Morgan fingerprint density at radius 2 is 1.67 bits per heavy atom. The van der Waals surface area contributed by atoms with Crippen molar-refractivity contribution in [1.82, 2.24) is 5.32 Å². The summed E-state index contributed by atoms with van der Waals surface area (Å²) in [6, 6.07) is 9.77. The highest BCUT2D eigenvalue weighted by Crippen LogP contribution is 2.67. The highest BCUT2D eigenvalue weighted by Gasteiger charge is 2.66. The first-order valence-electron chi connectivity index (χ1n) is 9.66. The Hall–Kier alpha value is -1.38. The fourth-order valence-electron chi connectivity index (χ4n) is 3.35. The Labute approximate surface area is 222 Å². The van der Waals surface area contributed by atoms with Gasteiger partial charge in [-0.3, -0.25) is 9.59 Å². The first-order chi connectivity index (χ1) is 15.4. The molecule has 2 N–H and O–H groups in total. The number of amides is 2. The second-order valence-corrected chi connectivity index (χ2v) is 12.5. The van der Waals surface area contributed by atoms with Crippen molar-refractivity contribution in [2.24, 2.45) is 5.92 Å². The van der Waals surface area contributed by atoms with E-state index in [2.05, 4.69) is 42.5 Å². The van der Waals surface area contributed by atoms with Crippen LogP contribution >= 0.6 is 66.7 Å². The summed E-state index contributed by atoms with van der Waals surface area (Å²) in [6.07, 6.45) is 2.67. The minimum Gasteiger partial charge on any atom is -0.326 e. The normalized spacial score (nSPS) is 19.8. The molecule has 2 aromatic rings. The van der Waals surface area contributed by atoms with Gasteiger partial charge in [0.15, 0.2) is 0 Å². The van der Waals surface area contributed by atoms with Gasteiger partial charge in [0.25, 0.3) is 5.91 Å². The van der Waals surface area contributed by atoms with E-state index < -0.39 is 15.1 Å². The van der Waals surface area contributed by atoms with Gasteiger partial charge in [-0.15, -0.1) is 0 Å². The molecule has 0 aromatic heterocycles. The van der Waals surface area contributed by atoms with Crippen LogP contribution in [0.25, 0.3) is 0 Å². The van der Waals surface area contributed by atoms with Crippen LogP contribution in [-0.4, -0.2) is 15.0 Å². The van der Waals surface area contributed by atoms with Crippen molar-refractivity contribution in [3.05, 3.63) is 86.3 Å². The van der Waals surface area contributed by atoms with Gasteiger partial charge in [-0.05, 0) is 68.0 Å². The molecule has 10 heteroatoms. The lowest BCUT2D eigenvalue weighted by Gasteiger charge is -2.10. The van der Waals surface area contributed by atoms with Crippen LogP contribution in [0.2, 0.25) is 15.1 Å². The van der Waals surface area contributed by atoms with Gasteiger partial charge >= 0.3 is 0 Å². The molecule has 0 saturated heterocycles. The number of allylic oxidation sites excluding steroid dienone is 4. The monoisotopic (exact) mass is 636 g/mol. The first kappa shape index (κ1) is 26.2. The van der Waals surface area contributed by atoms with Gasteiger partial charge in [-0.2, -0.15) is 0 Å². The van der Waals surface area contributed by atoms with E-state index in [1.54, 1.807) is 31.2 Å². The van der Waals surface area contributed by atoms with Crippen LogP contribution in [-0.2, 0) is 4.79 Å². The van der Waals surface area contributed by atoms with Crippen molar-refractivity contribution in [3.8, 4) is 0 Å². The van der Waals surface area contributed by atoms with Crippen molar-refractivity contribution >= 4 is 84.2 Å². The van der Waals surface area contributed by atoms with E-state index >= 15 is 0 Å². The largest absolute Gasteiger partial charge is 0.326 e. The van der Waals surface area contributed by atoms with Crippen LogP contribution in [0.4, 0.5) is 10.1 Å². The molecule has 0 aliphatic heterocycles. The summed E-state index contributed by atoms with van der Waals surface area (Å²) in [6.45, 7) is 2.92. The summed E-state index contributed by atoms with van der Waals surface area (Å²) >= 11 is 25.5. The van der Waals surface area contributed by atoms with Crippen molar-refractivity contribution in [2.75, 3.05) is 5.32 Å².